The van der Waals surface area contributed by atoms with Crippen LogP contribution in [-0.4, -0.2) is 41.0 Å². The van der Waals surface area contributed by atoms with Gasteiger partial charge in [0.05, 0.1) is 17.6 Å². The highest BCUT2D eigenvalue weighted by Gasteiger charge is 2.18. The van der Waals surface area contributed by atoms with E-state index < -0.39 is 0 Å². The molecule has 1 fully saturated rings. The topological polar surface area (TPSA) is 84.0 Å². The first-order valence-electron chi connectivity index (χ1n) is 7.28. The molecular formula is C15H25N5. The SMILES string of the molecule is CN1CCCC1CCN.NCc1nc2ccccc2[nH]1. The van der Waals surface area contributed by atoms with Crippen LogP contribution in [0.2, 0.25) is 0 Å². The summed E-state index contributed by atoms with van der Waals surface area (Å²) in [6.45, 7) is 2.58. The number of para-hydroxylation sites is 2. The number of rotatable bonds is 3. The van der Waals surface area contributed by atoms with Crippen LogP contribution in [0.1, 0.15) is 25.1 Å². The Morgan fingerprint density at radius 1 is 1.35 bits per heavy atom. The maximum absolute atomic E-state index is 5.44. The molecule has 1 aromatic carbocycles. The number of nitrogens with two attached hydrogens (primary N) is 2. The van der Waals surface area contributed by atoms with Gasteiger partial charge in [0.25, 0.3) is 0 Å². The third-order valence-electron chi connectivity index (χ3n) is 3.80. The third-order valence-corrected chi connectivity index (χ3v) is 3.80. The number of hydrogen-bond acceptors (Lipinski definition) is 4. The number of aromatic amines is 1. The summed E-state index contributed by atoms with van der Waals surface area (Å²) in [4.78, 5) is 9.77. The Bertz CT molecular complexity index is 489. The van der Waals surface area contributed by atoms with Crippen LogP contribution in [0.5, 0.6) is 0 Å². The molecule has 5 nitrogen and oxygen atoms in total. The lowest BCUT2D eigenvalue weighted by atomic mass is 10.1. The lowest BCUT2D eigenvalue weighted by molar-refractivity contribution is 0.299. The lowest BCUT2D eigenvalue weighted by Gasteiger charge is -2.17. The molecule has 0 spiro atoms. The monoisotopic (exact) mass is 275 g/mol. The Kier molecular flexibility index (Phi) is 5.52. The second kappa shape index (κ2) is 7.38. The van der Waals surface area contributed by atoms with Crippen molar-refractivity contribution in [1.29, 1.82) is 0 Å². The summed E-state index contributed by atoms with van der Waals surface area (Å²) >= 11 is 0. The molecule has 2 heterocycles. The quantitative estimate of drug-likeness (QED) is 0.791. The molecule has 20 heavy (non-hydrogen) atoms. The summed E-state index contributed by atoms with van der Waals surface area (Å²) in [6, 6.07) is 8.67. The van der Waals surface area contributed by atoms with E-state index in [4.69, 9.17) is 11.5 Å². The van der Waals surface area contributed by atoms with Crippen LogP contribution in [0.25, 0.3) is 11.0 Å². The van der Waals surface area contributed by atoms with Gasteiger partial charge in [-0.05, 0) is 51.5 Å². The Labute approximate surface area is 120 Å². The fourth-order valence-electron chi connectivity index (χ4n) is 2.64. The van der Waals surface area contributed by atoms with Crippen molar-refractivity contribution in [3.63, 3.8) is 0 Å². The summed E-state index contributed by atoms with van der Waals surface area (Å²) in [5.74, 6) is 0.839. The molecule has 0 radical (unpaired) electrons. The Balaban J connectivity index is 0.000000151. The highest BCUT2D eigenvalue weighted by molar-refractivity contribution is 5.74. The molecule has 110 valence electrons. The van der Waals surface area contributed by atoms with Gasteiger partial charge in [0, 0.05) is 6.04 Å². The Morgan fingerprint density at radius 2 is 2.15 bits per heavy atom. The fourth-order valence-corrected chi connectivity index (χ4v) is 2.64. The van der Waals surface area contributed by atoms with Crippen LogP contribution in [0, 0.1) is 0 Å². The molecule has 1 atom stereocenters. The summed E-state index contributed by atoms with van der Waals surface area (Å²) in [7, 11) is 2.19. The molecule has 1 aromatic heterocycles. The second-order valence-corrected chi connectivity index (χ2v) is 5.26. The number of aromatic nitrogens is 2. The molecule has 0 saturated carbocycles. The van der Waals surface area contributed by atoms with Gasteiger partial charge in [-0.1, -0.05) is 12.1 Å². The molecule has 0 aliphatic carbocycles. The van der Waals surface area contributed by atoms with Crippen LogP contribution in [0.4, 0.5) is 0 Å². The number of imidazole rings is 1. The first-order chi connectivity index (χ1) is 9.74. The molecule has 5 heteroatoms. The first-order valence-corrected chi connectivity index (χ1v) is 7.28. The Hall–Kier alpha value is -1.43. The molecule has 1 unspecified atom stereocenters. The zero-order chi connectivity index (χ0) is 14.4. The average Bonchev–Trinajstić information content (AvgIpc) is 3.06. The van der Waals surface area contributed by atoms with Gasteiger partial charge in [-0.3, -0.25) is 0 Å². The van der Waals surface area contributed by atoms with E-state index >= 15 is 0 Å². The van der Waals surface area contributed by atoms with E-state index in [1.807, 2.05) is 24.3 Å². The minimum atomic E-state index is 0.467. The normalized spacial score (nSPS) is 19.1. The smallest absolute Gasteiger partial charge is 0.121 e. The molecule has 0 amide bonds. The fraction of sp³-hybridized carbons (Fsp3) is 0.533. The minimum Gasteiger partial charge on any atom is -0.341 e. The van der Waals surface area contributed by atoms with Gasteiger partial charge in [0.15, 0.2) is 0 Å². The number of nitrogens with one attached hydrogen (secondary N) is 1. The van der Waals surface area contributed by atoms with Crippen molar-refractivity contribution in [3.05, 3.63) is 30.1 Å². The van der Waals surface area contributed by atoms with E-state index in [1.54, 1.807) is 0 Å². The van der Waals surface area contributed by atoms with Gasteiger partial charge in [0.1, 0.15) is 5.82 Å². The van der Waals surface area contributed by atoms with Crippen molar-refractivity contribution < 1.29 is 0 Å². The van der Waals surface area contributed by atoms with Crippen LogP contribution in [0.15, 0.2) is 24.3 Å². The number of fused-ring (bicyclic) bond motifs is 1. The van der Waals surface area contributed by atoms with Gasteiger partial charge < -0.3 is 21.4 Å². The predicted octanol–water partition coefficient (Wildman–Crippen LogP) is 1.45. The minimum absolute atomic E-state index is 0.467. The van der Waals surface area contributed by atoms with E-state index in [0.29, 0.717) is 6.54 Å². The molecule has 5 N–H and O–H groups in total. The molecule has 2 aromatic rings. The predicted molar refractivity (Wildman–Crippen MR) is 83.3 cm³/mol. The summed E-state index contributed by atoms with van der Waals surface area (Å²) in [5.41, 5.74) is 12.9. The maximum atomic E-state index is 5.44. The molecule has 1 saturated heterocycles. The van der Waals surface area contributed by atoms with Gasteiger partial charge >= 0.3 is 0 Å². The van der Waals surface area contributed by atoms with E-state index in [2.05, 4.69) is 21.9 Å². The van der Waals surface area contributed by atoms with Crippen molar-refractivity contribution in [3.8, 4) is 0 Å². The summed E-state index contributed by atoms with van der Waals surface area (Å²) < 4.78 is 0. The van der Waals surface area contributed by atoms with E-state index in [0.717, 1.165) is 29.4 Å². The lowest BCUT2D eigenvalue weighted by Crippen LogP contribution is -2.27. The molecule has 1 aliphatic rings. The van der Waals surface area contributed by atoms with Crippen molar-refractivity contribution in [2.75, 3.05) is 20.1 Å². The highest BCUT2D eigenvalue weighted by atomic mass is 15.1. The largest absolute Gasteiger partial charge is 0.341 e. The van der Waals surface area contributed by atoms with Gasteiger partial charge in [-0.15, -0.1) is 0 Å². The number of nitrogens with zero attached hydrogens (tertiary/aromatic N) is 2. The van der Waals surface area contributed by atoms with Gasteiger partial charge in [-0.25, -0.2) is 4.98 Å². The number of hydrogen-bond donors (Lipinski definition) is 3. The van der Waals surface area contributed by atoms with Gasteiger partial charge in [0.2, 0.25) is 0 Å². The van der Waals surface area contributed by atoms with Crippen molar-refractivity contribution >= 4 is 11.0 Å². The van der Waals surface area contributed by atoms with E-state index in [1.165, 1.54) is 25.8 Å². The molecule has 0 bridgehead atoms. The van der Waals surface area contributed by atoms with Crippen molar-refractivity contribution in [2.24, 2.45) is 11.5 Å². The molecule has 1 aliphatic heterocycles. The van der Waals surface area contributed by atoms with Crippen LogP contribution >= 0.6 is 0 Å². The van der Waals surface area contributed by atoms with Crippen LogP contribution < -0.4 is 11.5 Å². The number of H-pyrrole nitrogens is 1. The molecule has 3 rings (SSSR count). The third kappa shape index (κ3) is 3.79. The second-order valence-electron chi connectivity index (χ2n) is 5.26. The van der Waals surface area contributed by atoms with E-state index in [-0.39, 0.29) is 0 Å². The number of likely N-dealkylation sites (tertiary alicyclic amines) is 1. The van der Waals surface area contributed by atoms with Crippen molar-refractivity contribution in [2.45, 2.75) is 31.8 Å². The highest BCUT2D eigenvalue weighted by Crippen LogP contribution is 2.16. The zero-order valence-corrected chi connectivity index (χ0v) is 12.2. The Morgan fingerprint density at radius 3 is 2.75 bits per heavy atom. The average molecular weight is 275 g/mol. The van der Waals surface area contributed by atoms with Gasteiger partial charge in [-0.2, -0.15) is 0 Å². The standard InChI is InChI=1S/C8H9N3.C7H16N2/c9-5-8-10-6-3-1-2-4-7(6)11-8;1-9-6-2-3-7(9)4-5-8/h1-4H,5,9H2,(H,10,11);7H,2-6,8H2,1H3. The summed E-state index contributed by atoms with van der Waals surface area (Å²) in [6.07, 6.45) is 3.89. The maximum Gasteiger partial charge on any atom is 0.121 e. The zero-order valence-electron chi connectivity index (χ0n) is 12.2. The summed E-state index contributed by atoms with van der Waals surface area (Å²) in [5, 5.41) is 0. The van der Waals surface area contributed by atoms with Crippen LogP contribution in [-0.2, 0) is 6.54 Å². The number of benzene rings is 1. The van der Waals surface area contributed by atoms with Crippen molar-refractivity contribution in [1.82, 2.24) is 14.9 Å². The molecular weight excluding hydrogens is 250 g/mol. The van der Waals surface area contributed by atoms with Crippen LogP contribution in [0.3, 0.4) is 0 Å². The first kappa shape index (κ1) is 15.0. The van der Waals surface area contributed by atoms with E-state index in [9.17, 15) is 0 Å².